The Morgan fingerprint density at radius 2 is 1.87 bits per heavy atom. The molecule has 4 rings (SSSR count). The highest BCUT2D eigenvalue weighted by atomic mass is 28.2. The Morgan fingerprint density at radius 1 is 1.23 bits per heavy atom. The number of benzene rings is 1. The minimum atomic E-state index is -4.18. The molecule has 3 fully saturated rings. The maximum Gasteiger partial charge on any atom is 0.495 e. The van der Waals surface area contributed by atoms with E-state index in [-0.39, 0.29) is 22.1 Å². The quantitative estimate of drug-likeness (QED) is 0.691. The number of hydrogen-bond donors (Lipinski definition) is 1. The Kier molecular flexibility index (Phi) is 5.30. The molecule has 5 nitrogen and oxygen atoms in total. The number of alkyl halides is 3. The van der Waals surface area contributed by atoms with E-state index in [2.05, 4.69) is 5.32 Å². The van der Waals surface area contributed by atoms with Crippen LogP contribution >= 0.6 is 0 Å². The number of likely N-dealkylation sites (tertiary alicyclic amines) is 1. The van der Waals surface area contributed by atoms with Crippen molar-refractivity contribution in [2.75, 3.05) is 18.4 Å². The van der Waals surface area contributed by atoms with Crippen LogP contribution in [0, 0.1) is 12.3 Å². The van der Waals surface area contributed by atoms with E-state index in [4.69, 9.17) is 9.31 Å². The number of rotatable bonds is 2. The molecule has 0 aliphatic carbocycles. The summed E-state index contributed by atoms with van der Waals surface area (Å²) in [4.78, 5) is 14.3. The topological polar surface area (TPSA) is 50.8 Å². The van der Waals surface area contributed by atoms with E-state index in [1.807, 2.05) is 46.8 Å². The van der Waals surface area contributed by atoms with Crippen molar-refractivity contribution < 1.29 is 27.3 Å². The maximum atomic E-state index is 13.3. The number of hydrogen-bond acceptors (Lipinski definition) is 3. The monoisotopic (exact) mass is 452 g/mol. The molecule has 2 radical (unpaired) electrons. The average Bonchev–Trinajstić information content (AvgIpc) is 3.15. The van der Waals surface area contributed by atoms with Gasteiger partial charge in [-0.25, -0.2) is 4.79 Å². The summed E-state index contributed by atoms with van der Waals surface area (Å²) in [5.74, 6) is 0. The Labute approximate surface area is 184 Å². The van der Waals surface area contributed by atoms with Crippen LogP contribution in [0.5, 0.6) is 0 Å². The van der Waals surface area contributed by atoms with E-state index in [0.717, 1.165) is 11.0 Å². The number of carbonyl (C=O) groups excluding carboxylic acids is 1. The molecular weight excluding hydrogens is 424 g/mol. The molecule has 3 heterocycles. The van der Waals surface area contributed by atoms with Crippen molar-refractivity contribution in [2.24, 2.45) is 5.41 Å². The van der Waals surface area contributed by atoms with Crippen molar-refractivity contribution in [2.45, 2.75) is 70.0 Å². The van der Waals surface area contributed by atoms with Crippen molar-refractivity contribution >= 4 is 33.8 Å². The first-order valence-corrected chi connectivity index (χ1v) is 11.8. The van der Waals surface area contributed by atoms with Crippen molar-refractivity contribution in [3.63, 3.8) is 0 Å². The van der Waals surface area contributed by atoms with E-state index in [1.54, 1.807) is 6.07 Å². The number of amides is 2. The lowest BCUT2D eigenvalue weighted by Crippen LogP contribution is -2.50. The fourth-order valence-corrected chi connectivity index (χ4v) is 6.29. The van der Waals surface area contributed by atoms with Crippen LogP contribution in [0.4, 0.5) is 23.7 Å². The first-order chi connectivity index (χ1) is 14.2. The fraction of sp³-hybridized carbons (Fsp3) is 0.667. The van der Waals surface area contributed by atoms with E-state index >= 15 is 0 Å². The van der Waals surface area contributed by atoms with Gasteiger partial charge in [0, 0.05) is 18.8 Å². The standard InChI is InChI=1S/C21H28BF3N2O3Si/c1-13-6-7-14(10-15(13)22-29-18(2,3)19(4,5)30-22)26-17(28)27-9-8-20(11-27)12-31-16(20)21(23,24)25/h6-7,10,16H,8-9,11-12H2,1-5H3,(H,26,28)/t16?,20-/m1/s1. The highest BCUT2D eigenvalue weighted by Gasteiger charge is 2.62. The molecule has 1 unspecified atom stereocenters. The molecule has 3 saturated heterocycles. The van der Waals surface area contributed by atoms with Gasteiger partial charge in [0.25, 0.3) is 0 Å². The minimum absolute atomic E-state index is 0.0959. The van der Waals surface area contributed by atoms with E-state index in [1.165, 1.54) is 4.90 Å². The van der Waals surface area contributed by atoms with E-state index < -0.39 is 35.5 Å². The number of halogens is 3. The molecule has 2 atom stereocenters. The smallest absolute Gasteiger partial charge is 0.399 e. The minimum Gasteiger partial charge on any atom is -0.399 e. The molecule has 168 valence electrons. The van der Waals surface area contributed by atoms with Gasteiger partial charge in [-0.3, -0.25) is 0 Å². The van der Waals surface area contributed by atoms with Crippen LogP contribution in [0.15, 0.2) is 18.2 Å². The van der Waals surface area contributed by atoms with Gasteiger partial charge in [-0.05, 0) is 64.1 Å². The number of nitrogens with zero attached hydrogens (tertiary/aromatic N) is 1. The van der Waals surface area contributed by atoms with Gasteiger partial charge in [-0.1, -0.05) is 17.7 Å². The summed E-state index contributed by atoms with van der Waals surface area (Å²) in [6.07, 6.45) is -3.78. The Bertz CT molecular complexity index is 879. The molecule has 2 amide bonds. The second-order valence-electron chi connectivity index (χ2n) is 9.98. The predicted octanol–water partition coefficient (Wildman–Crippen LogP) is 4.01. The third-order valence-corrected chi connectivity index (χ3v) is 9.56. The molecule has 1 spiro atoms. The molecule has 3 aliphatic heterocycles. The summed E-state index contributed by atoms with van der Waals surface area (Å²) in [6, 6.07) is 5.68. The lowest BCUT2D eigenvalue weighted by atomic mass is 9.76. The van der Waals surface area contributed by atoms with Gasteiger partial charge < -0.3 is 19.5 Å². The van der Waals surface area contributed by atoms with Crippen LogP contribution in [0.25, 0.3) is 0 Å². The lowest BCUT2D eigenvalue weighted by molar-refractivity contribution is -0.161. The average molecular weight is 452 g/mol. The summed E-state index contributed by atoms with van der Waals surface area (Å²) >= 11 is 0. The van der Waals surface area contributed by atoms with Crippen molar-refractivity contribution in [1.29, 1.82) is 0 Å². The third-order valence-electron chi connectivity index (χ3n) is 7.31. The van der Waals surface area contributed by atoms with Gasteiger partial charge in [0.05, 0.1) is 26.3 Å². The summed E-state index contributed by atoms with van der Waals surface area (Å²) in [5, 5.41) is 2.85. The van der Waals surface area contributed by atoms with Crippen LogP contribution in [-0.2, 0) is 9.31 Å². The summed E-state index contributed by atoms with van der Waals surface area (Å²) in [6.45, 7) is 10.4. The van der Waals surface area contributed by atoms with Gasteiger partial charge in [-0.2, -0.15) is 13.2 Å². The van der Waals surface area contributed by atoms with Crippen LogP contribution < -0.4 is 10.8 Å². The van der Waals surface area contributed by atoms with Crippen LogP contribution in [0.3, 0.4) is 0 Å². The molecular formula is C21H28BF3N2O3Si. The SMILES string of the molecule is Cc1ccc(NC(=O)N2CC[C@]3(C[Si]C3C(F)(F)F)C2)cc1B1OC(C)(C)C(C)(C)O1. The fourth-order valence-electron chi connectivity index (χ4n) is 4.55. The number of anilines is 1. The van der Waals surface area contributed by atoms with Gasteiger partial charge in [0.1, 0.15) is 0 Å². The summed E-state index contributed by atoms with van der Waals surface area (Å²) in [7, 11) is -0.651. The van der Waals surface area contributed by atoms with Gasteiger partial charge >= 0.3 is 19.3 Å². The number of aryl methyl sites for hydroxylation is 1. The molecule has 0 bridgehead atoms. The van der Waals surface area contributed by atoms with Crippen molar-refractivity contribution in [1.82, 2.24) is 4.90 Å². The first kappa shape index (κ1) is 22.7. The molecule has 3 aliphatic rings. The number of urea groups is 1. The zero-order chi connectivity index (χ0) is 22.8. The Balaban J connectivity index is 1.45. The maximum absolute atomic E-state index is 13.3. The number of nitrogens with one attached hydrogen (secondary N) is 1. The molecule has 0 aromatic heterocycles. The van der Waals surface area contributed by atoms with Gasteiger partial charge in [-0.15, -0.1) is 0 Å². The molecule has 1 aromatic rings. The molecule has 10 heteroatoms. The van der Waals surface area contributed by atoms with E-state index in [0.29, 0.717) is 24.7 Å². The first-order valence-electron chi connectivity index (χ1n) is 10.6. The van der Waals surface area contributed by atoms with Crippen molar-refractivity contribution in [3.05, 3.63) is 23.8 Å². The largest absolute Gasteiger partial charge is 0.495 e. The van der Waals surface area contributed by atoms with Crippen LogP contribution in [0.2, 0.25) is 11.6 Å². The normalized spacial score (nSPS) is 29.4. The van der Waals surface area contributed by atoms with Gasteiger partial charge in [0.2, 0.25) is 0 Å². The third kappa shape index (κ3) is 3.91. The molecule has 1 aromatic carbocycles. The highest BCUT2D eigenvalue weighted by Crippen LogP contribution is 2.59. The number of carbonyl (C=O) groups is 1. The second-order valence-corrected chi connectivity index (χ2v) is 11.3. The van der Waals surface area contributed by atoms with Gasteiger partial charge in [0.15, 0.2) is 0 Å². The van der Waals surface area contributed by atoms with Crippen molar-refractivity contribution in [3.8, 4) is 0 Å². The lowest BCUT2D eigenvalue weighted by Gasteiger charge is -2.47. The van der Waals surface area contributed by atoms with Crippen LogP contribution in [-0.4, -0.2) is 58.0 Å². The zero-order valence-electron chi connectivity index (χ0n) is 18.5. The molecule has 1 N–H and O–H groups in total. The predicted molar refractivity (Wildman–Crippen MR) is 115 cm³/mol. The van der Waals surface area contributed by atoms with Crippen LogP contribution in [0.1, 0.15) is 39.7 Å². The molecule has 0 saturated carbocycles. The zero-order valence-corrected chi connectivity index (χ0v) is 19.5. The second kappa shape index (κ2) is 7.25. The Hall–Kier alpha value is -1.52. The highest BCUT2D eigenvalue weighted by molar-refractivity contribution is 6.62. The molecule has 31 heavy (non-hydrogen) atoms. The summed E-state index contributed by atoms with van der Waals surface area (Å²) < 4.78 is 52.1. The Morgan fingerprint density at radius 3 is 2.42 bits per heavy atom. The van der Waals surface area contributed by atoms with E-state index in [9.17, 15) is 18.0 Å². The summed E-state index contributed by atoms with van der Waals surface area (Å²) in [5.41, 5.74) is -0.657.